The van der Waals surface area contributed by atoms with Crippen molar-refractivity contribution < 1.29 is 0 Å². The Bertz CT molecular complexity index is 2720. The third kappa shape index (κ3) is 5.88. The maximum atomic E-state index is 5.50. The van der Waals surface area contributed by atoms with Crippen LogP contribution in [0.25, 0.3) is 79.2 Å². The van der Waals surface area contributed by atoms with Gasteiger partial charge in [-0.2, -0.15) is 0 Å². The van der Waals surface area contributed by atoms with Crippen LogP contribution in [0.1, 0.15) is 50.6 Å². The third-order valence-corrected chi connectivity index (χ3v) is 10.0. The lowest BCUT2D eigenvalue weighted by Gasteiger charge is -2.13. The lowest BCUT2D eigenvalue weighted by molar-refractivity contribution is 1.30. The van der Waals surface area contributed by atoms with Crippen molar-refractivity contribution >= 4 is 45.9 Å². The number of aryl methyl sites for hydroxylation is 4. The lowest BCUT2D eigenvalue weighted by atomic mass is 9.90. The van der Waals surface area contributed by atoms with Gasteiger partial charge in [0.15, 0.2) is 0 Å². The molecule has 0 aliphatic carbocycles. The van der Waals surface area contributed by atoms with E-state index < -0.39 is 0 Å². The fourth-order valence-electron chi connectivity index (χ4n) is 7.24. The van der Waals surface area contributed by atoms with Crippen LogP contribution in [-0.4, -0.2) is 19.9 Å². The molecule has 9 rings (SSSR count). The zero-order valence-electron chi connectivity index (χ0n) is 29.8. The van der Waals surface area contributed by atoms with Crippen molar-refractivity contribution in [3.63, 3.8) is 0 Å². The molecule has 250 valence electrons. The Hall–Kier alpha value is -6.52. The van der Waals surface area contributed by atoms with E-state index in [0.717, 1.165) is 89.4 Å². The van der Waals surface area contributed by atoms with Crippen molar-refractivity contribution in [2.24, 2.45) is 0 Å². The number of aromatic amines is 2. The van der Waals surface area contributed by atoms with Gasteiger partial charge in [-0.05, 0) is 98.5 Å². The number of nitrogens with zero attached hydrogens (tertiary/aromatic N) is 2. The number of nitrogens with one attached hydrogen (secondary N) is 2. The van der Waals surface area contributed by atoms with Gasteiger partial charge in [0.05, 0.1) is 28.3 Å². The van der Waals surface area contributed by atoms with Gasteiger partial charge < -0.3 is 9.97 Å². The molecule has 0 fully saturated rings. The first-order valence-corrected chi connectivity index (χ1v) is 17.8. The van der Waals surface area contributed by atoms with E-state index in [2.05, 4.69) is 183 Å². The summed E-state index contributed by atoms with van der Waals surface area (Å²) in [7, 11) is 0. The SMILES string of the molecule is Cc1ccc(C2=Cc3cc4ccc(cc5nc(cc6[nH]c(c(-c7ccc(C)cc7)c2n3)c(-c2ccc(C)cc2)c6-c2ccc(C)cc2)C=C5)[nH]4)cc1. The minimum Gasteiger partial charge on any atom is -0.355 e. The maximum absolute atomic E-state index is 5.50. The van der Waals surface area contributed by atoms with Crippen molar-refractivity contribution in [2.45, 2.75) is 27.7 Å². The fraction of sp³-hybridized carbons (Fsp3) is 0.0833. The number of aromatic nitrogens is 4. The number of fused-ring (bicyclic) bond motifs is 8. The average Bonchev–Trinajstić information content (AvgIpc) is 3.95. The smallest absolute Gasteiger partial charge is 0.0815 e. The van der Waals surface area contributed by atoms with Gasteiger partial charge in [-0.3, -0.25) is 0 Å². The second-order valence-electron chi connectivity index (χ2n) is 14.0. The van der Waals surface area contributed by atoms with Crippen molar-refractivity contribution in [3.8, 4) is 33.4 Å². The third-order valence-electron chi connectivity index (χ3n) is 10.0. The molecule has 5 heterocycles. The molecule has 7 aromatic rings. The molecule has 0 unspecified atom stereocenters. The molecule has 4 aromatic carbocycles. The predicted octanol–water partition coefficient (Wildman–Crippen LogP) is 12.3. The molecule has 2 N–H and O–H groups in total. The molecule has 4 heteroatoms. The van der Waals surface area contributed by atoms with E-state index in [9.17, 15) is 0 Å². The topological polar surface area (TPSA) is 57.4 Å². The van der Waals surface area contributed by atoms with Crippen LogP contribution < -0.4 is 0 Å². The summed E-state index contributed by atoms with van der Waals surface area (Å²) < 4.78 is 0. The van der Waals surface area contributed by atoms with Crippen LogP contribution in [0.4, 0.5) is 0 Å². The number of hydrogen-bond donors (Lipinski definition) is 2. The molecule has 8 bridgehead atoms. The number of hydrogen-bond acceptors (Lipinski definition) is 2. The van der Waals surface area contributed by atoms with Crippen LogP contribution in [0.3, 0.4) is 0 Å². The van der Waals surface area contributed by atoms with Crippen molar-refractivity contribution in [1.29, 1.82) is 0 Å². The maximum Gasteiger partial charge on any atom is 0.0815 e. The molecular weight excluding hydrogens is 633 g/mol. The first-order chi connectivity index (χ1) is 25.3. The monoisotopic (exact) mass is 670 g/mol. The Morgan fingerprint density at radius 1 is 0.404 bits per heavy atom. The fourth-order valence-corrected chi connectivity index (χ4v) is 7.24. The molecule has 4 nitrogen and oxygen atoms in total. The van der Waals surface area contributed by atoms with E-state index in [-0.39, 0.29) is 0 Å². The Kier molecular flexibility index (Phi) is 7.66. The molecular formula is C48H38N4. The minimum atomic E-state index is 0.887. The van der Waals surface area contributed by atoms with Crippen molar-refractivity contribution in [2.75, 3.05) is 0 Å². The average molecular weight is 671 g/mol. The molecule has 3 aromatic heterocycles. The van der Waals surface area contributed by atoms with Crippen LogP contribution >= 0.6 is 0 Å². The number of rotatable bonds is 4. The summed E-state index contributed by atoms with van der Waals surface area (Å²) in [4.78, 5) is 18.1. The highest BCUT2D eigenvalue weighted by Gasteiger charge is 2.24. The van der Waals surface area contributed by atoms with Gasteiger partial charge in [-0.25, -0.2) is 9.97 Å². The van der Waals surface area contributed by atoms with E-state index in [1.165, 1.54) is 22.3 Å². The quantitative estimate of drug-likeness (QED) is 0.196. The Labute approximate surface area is 303 Å². The predicted molar refractivity (Wildman–Crippen MR) is 219 cm³/mol. The highest BCUT2D eigenvalue weighted by Crippen LogP contribution is 2.46. The molecule has 2 aliphatic rings. The van der Waals surface area contributed by atoms with Gasteiger partial charge in [0, 0.05) is 38.8 Å². The molecule has 2 aliphatic heterocycles. The van der Waals surface area contributed by atoms with Crippen LogP contribution in [-0.2, 0) is 0 Å². The number of benzene rings is 4. The standard InChI is InChI=1S/C48H38N4/c1-29-5-13-33(14-6-29)42-27-41-26-39-22-21-37(49-39)25-38-23-24-40(50-38)28-43-44(34-15-7-30(2)8-16-34)45(35-17-9-31(3)10-18-35)48(52-43)46(47(42)51-41)36-19-11-32(4)12-20-36/h5-28,49,52H,1-4H3. The summed E-state index contributed by atoms with van der Waals surface area (Å²) in [6.07, 6.45) is 6.39. The van der Waals surface area contributed by atoms with Gasteiger partial charge in [-0.1, -0.05) is 119 Å². The van der Waals surface area contributed by atoms with Gasteiger partial charge >= 0.3 is 0 Å². The van der Waals surface area contributed by atoms with E-state index >= 15 is 0 Å². The van der Waals surface area contributed by atoms with Gasteiger partial charge in [-0.15, -0.1) is 0 Å². The summed E-state index contributed by atoms with van der Waals surface area (Å²) >= 11 is 0. The normalized spacial score (nSPS) is 12.3. The molecule has 0 atom stereocenters. The summed E-state index contributed by atoms with van der Waals surface area (Å²) in [6, 6.07) is 46.0. The minimum absolute atomic E-state index is 0.887. The Morgan fingerprint density at radius 2 is 0.865 bits per heavy atom. The summed E-state index contributed by atoms with van der Waals surface area (Å²) in [5.74, 6) is 0. The first-order valence-electron chi connectivity index (χ1n) is 17.8. The summed E-state index contributed by atoms with van der Waals surface area (Å²) in [5, 5.41) is 0. The molecule has 0 amide bonds. The molecule has 0 radical (unpaired) electrons. The zero-order valence-corrected chi connectivity index (χ0v) is 29.8. The van der Waals surface area contributed by atoms with Crippen molar-refractivity contribution in [3.05, 3.63) is 178 Å². The zero-order chi connectivity index (χ0) is 35.3. The van der Waals surface area contributed by atoms with Crippen LogP contribution in [0.15, 0.2) is 127 Å². The van der Waals surface area contributed by atoms with E-state index in [1.807, 2.05) is 0 Å². The molecule has 0 saturated heterocycles. The summed E-state index contributed by atoms with van der Waals surface area (Å²) in [5.41, 5.74) is 21.3. The first kappa shape index (κ1) is 31.5. The second-order valence-corrected chi connectivity index (χ2v) is 14.0. The molecule has 52 heavy (non-hydrogen) atoms. The molecule has 0 spiro atoms. The summed E-state index contributed by atoms with van der Waals surface area (Å²) in [6.45, 7) is 8.54. The van der Waals surface area contributed by atoms with Crippen LogP contribution in [0, 0.1) is 27.7 Å². The van der Waals surface area contributed by atoms with Gasteiger partial charge in [0.25, 0.3) is 0 Å². The highest BCUT2D eigenvalue weighted by molar-refractivity contribution is 6.10. The highest BCUT2D eigenvalue weighted by atomic mass is 14.8. The van der Waals surface area contributed by atoms with Gasteiger partial charge in [0.2, 0.25) is 0 Å². The van der Waals surface area contributed by atoms with Crippen molar-refractivity contribution in [1.82, 2.24) is 19.9 Å². The lowest BCUT2D eigenvalue weighted by Crippen LogP contribution is -1.93. The van der Waals surface area contributed by atoms with Crippen LogP contribution in [0.2, 0.25) is 0 Å². The second kappa shape index (κ2) is 12.7. The Morgan fingerprint density at radius 3 is 1.42 bits per heavy atom. The van der Waals surface area contributed by atoms with Crippen LogP contribution in [0.5, 0.6) is 0 Å². The van der Waals surface area contributed by atoms with E-state index in [4.69, 9.17) is 9.97 Å². The van der Waals surface area contributed by atoms with E-state index in [0.29, 0.717) is 0 Å². The molecule has 0 saturated carbocycles. The largest absolute Gasteiger partial charge is 0.355 e. The Balaban J connectivity index is 1.53. The van der Waals surface area contributed by atoms with E-state index in [1.54, 1.807) is 0 Å². The van der Waals surface area contributed by atoms with Gasteiger partial charge in [0.1, 0.15) is 0 Å². The number of H-pyrrole nitrogens is 2.